The minimum Gasteiger partial charge on any atom is -0.354 e. The van der Waals surface area contributed by atoms with E-state index in [-0.39, 0.29) is 22.0 Å². The van der Waals surface area contributed by atoms with Crippen molar-refractivity contribution in [2.75, 3.05) is 7.05 Å². The van der Waals surface area contributed by atoms with E-state index in [9.17, 15) is 18.0 Å². The van der Waals surface area contributed by atoms with Gasteiger partial charge in [-0.1, -0.05) is 18.2 Å². The van der Waals surface area contributed by atoms with Crippen LogP contribution < -0.4 is 10.9 Å². The van der Waals surface area contributed by atoms with Crippen molar-refractivity contribution >= 4 is 37.0 Å². The molecule has 1 aromatic heterocycles. The van der Waals surface area contributed by atoms with Crippen LogP contribution in [0.1, 0.15) is 10.5 Å². The number of aromatic amines is 1. The van der Waals surface area contributed by atoms with Gasteiger partial charge in [0.05, 0.1) is 16.3 Å². The molecule has 0 radical (unpaired) electrons. The molecule has 0 fully saturated rings. The SMILES string of the molecule is CNC(=O)c1[nH]n(-c2ccccc2)c(=O)c1N=Nc1ccc(S(=O)(=O)Cl)cc1. The number of H-pyrrole nitrogens is 1. The first-order valence-electron chi connectivity index (χ1n) is 7.90. The smallest absolute Gasteiger partial charge is 0.299 e. The summed E-state index contributed by atoms with van der Waals surface area (Å²) in [6, 6.07) is 13.9. The molecule has 9 nitrogen and oxygen atoms in total. The molecule has 2 N–H and O–H groups in total. The first-order valence-corrected chi connectivity index (χ1v) is 10.2. The van der Waals surface area contributed by atoms with E-state index < -0.39 is 20.5 Å². The molecular weight excluding hydrogens is 406 g/mol. The van der Waals surface area contributed by atoms with E-state index in [0.29, 0.717) is 5.69 Å². The second-order valence-corrected chi connectivity index (χ2v) is 8.09. The lowest BCUT2D eigenvalue weighted by Crippen LogP contribution is -2.18. The number of halogens is 1. The highest BCUT2D eigenvalue weighted by Gasteiger charge is 2.20. The predicted molar refractivity (Wildman–Crippen MR) is 103 cm³/mol. The number of nitrogens with one attached hydrogen (secondary N) is 2. The number of amides is 1. The summed E-state index contributed by atoms with van der Waals surface area (Å²) >= 11 is 0. The zero-order valence-corrected chi connectivity index (χ0v) is 16.0. The highest BCUT2D eigenvalue weighted by Crippen LogP contribution is 2.22. The second-order valence-electron chi connectivity index (χ2n) is 5.52. The zero-order valence-electron chi connectivity index (χ0n) is 14.5. The van der Waals surface area contributed by atoms with Gasteiger partial charge >= 0.3 is 0 Å². The van der Waals surface area contributed by atoms with Crippen molar-refractivity contribution in [1.82, 2.24) is 15.1 Å². The Morgan fingerprint density at radius 1 is 1.07 bits per heavy atom. The molecule has 144 valence electrons. The first-order chi connectivity index (χ1) is 13.3. The summed E-state index contributed by atoms with van der Waals surface area (Å²) in [7, 11) is 2.83. The summed E-state index contributed by atoms with van der Waals surface area (Å²) in [5.74, 6) is -0.538. The molecule has 0 unspecified atom stereocenters. The van der Waals surface area contributed by atoms with Crippen LogP contribution in [-0.4, -0.2) is 31.2 Å². The van der Waals surface area contributed by atoms with Crippen LogP contribution in [0.3, 0.4) is 0 Å². The summed E-state index contributed by atoms with van der Waals surface area (Å²) in [6.07, 6.45) is 0. The van der Waals surface area contributed by atoms with Crippen molar-refractivity contribution in [3.05, 3.63) is 70.6 Å². The molecule has 0 saturated carbocycles. The van der Waals surface area contributed by atoms with Crippen molar-refractivity contribution in [3.63, 3.8) is 0 Å². The number of hydrogen-bond donors (Lipinski definition) is 2. The lowest BCUT2D eigenvalue weighted by atomic mass is 10.3. The number of azo groups is 1. The molecule has 11 heteroatoms. The number of carbonyl (C=O) groups excluding carboxylic acids is 1. The molecule has 3 aromatic rings. The van der Waals surface area contributed by atoms with Gasteiger partial charge in [0.25, 0.3) is 20.5 Å². The van der Waals surface area contributed by atoms with Crippen LogP contribution in [0.25, 0.3) is 5.69 Å². The predicted octanol–water partition coefficient (Wildman–Crippen LogP) is 2.87. The third-order valence-corrected chi connectivity index (χ3v) is 5.09. The molecule has 0 aliphatic heterocycles. The summed E-state index contributed by atoms with van der Waals surface area (Å²) in [5.41, 5.74) is 0.000342. The minimum atomic E-state index is -3.85. The van der Waals surface area contributed by atoms with E-state index in [0.717, 1.165) is 0 Å². The van der Waals surface area contributed by atoms with E-state index in [4.69, 9.17) is 10.7 Å². The number of nitrogens with zero attached hydrogens (tertiary/aromatic N) is 3. The standard InChI is InChI=1S/C17H14ClN5O4S/c1-19-16(24)14-15(17(25)23(22-14)12-5-3-2-4-6-12)21-20-11-7-9-13(10-8-11)28(18,26)27/h2-10,22H,1H3,(H,19,24). The summed E-state index contributed by atoms with van der Waals surface area (Å²) < 4.78 is 23.7. The van der Waals surface area contributed by atoms with Crippen molar-refractivity contribution in [3.8, 4) is 5.69 Å². The molecule has 1 amide bonds. The monoisotopic (exact) mass is 419 g/mol. The Hall–Kier alpha value is -3.24. The van der Waals surface area contributed by atoms with Crippen LogP contribution in [0.4, 0.5) is 11.4 Å². The van der Waals surface area contributed by atoms with Gasteiger partial charge in [0.1, 0.15) is 0 Å². The molecular formula is C17H14ClN5O4S. The number of benzene rings is 2. The third-order valence-electron chi connectivity index (χ3n) is 3.72. The van der Waals surface area contributed by atoms with Gasteiger partial charge in [0.15, 0.2) is 11.4 Å². The number of hydrogen-bond acceptors (Lipinski definition) is 6. The Labute approximate surface area is 164 Å². The van der Waals surface area contributed by atoms with Crippen molar-refractivity contribution in [2.24, 2.45) is 10.2 Å². The number of para-hydroxylation sites is 1. The maximum absolute atomic E-state index is 12.7. The highest BCUT2D eigenvalue weighted by molar-refractivity contribution is 8.13. The molecule has 3 rings (SSSR count). The average Bonchev–Trinajstić information content (AvgIpc) is 3.02. The van der Waals surface area contributed by atoms with Crippen molar-refractivity contribution in [1.29, 1.82) is 0 Å². The Kier molecular flexibility index (Phi) is 5.43. The maximum atomic E-state index is 12.7. The number of aromatic nitrogens is 2. The lowest BCUT2D eigenvalue weighted by Gasteiger charge is -2.00. The molecule has 0 aliphatic carbocycles. The summed E-state index contributed by atoms with van der Waals surface area (Å²) in [6.45, 7) is 0. The topological polar surface area (TPSA) is 126 Å². The molecule has 1 heterocycles. The van der Waals surface area contributed by atoms with Crippen molar-refractivity contribution in [2.45, 2.75) is 4.90 Å². The Morgan fingerprint density at radius 3 is 2.29 bits per heavy atom. The van der Waals surface area contributed by atoms with Gasteiger partial charge in [-0.3, -0.25) is 14.7 Å². The van der Waals surface area contributed by atoms with Crippen LogP contribution in [0.15, 0.2) is 74.5 Å². The molecule has 0 atom stereocenters. The fourth-order valence-corrected chi connectivity index (χ4v) is 3.12. The van der Waals surface area contributed by atoms with E-state index in [1.54, 1.807) is 30.3 Å². The van der Waals surface area contributed by atoms with Gasteiger partial charge in [-0.05, 0) is 36.4 Å². The Morgan fingerprint density at radius 2 is 1.71 bits per heavy atom. The quantitative estimate of drug-likeness (QED) is 0.487. The van der Waals surface area contributed by atoms with E-state index >= 15 is 0 Å². The number of carbonyl (C=O) groups is 1. The summed E-state index contributed by atoms with van der Waals surface area (Å²) in [5, 5.41) is 13.0. The fraction of sp³-hybridized carbons (Fsp3) is 0.0588. The largest absolute Gasteiger partial charge is 0.354 e. The summed E-state index contributed by atoms with van der Waals surface area (Å²) in [4.78, 5) is 24.7. The first kappa shape index (κ1) is 19.5. The fourth-order valence-electron chi connectivity index (χ4n) is 2.35. The normalized spacial score (nSPS) is 11.6. The molecule has 0 saturated heterocycles. The molecule has 0 aliphatic rings. The second kappa shape index (κ2) is 7.79. The van der Waals surface area contributed by atoms with Crippen molar-refractivity contribution < 1.29 is 13.2 Å². The molecule has 28 heavy (non-hydrogen) atoms. The zero-order chi connectivity index (χ0) is 20.3. The van der Waals surface area contributed by atoms with Crippen LogP contribution in [-0.2, 0) is 9.05 Å². The van der Waals surface area contributed by atoms with E-state index in [1.807, 2.05) is 0 Å². The van der Waals surface area contributed by atoms with Crippen LogP contribution in [0.2, 0.25) is 0 Å². The Balaban J connectivity index is 2.03. The average molecular weight is 420 g/mol. The third kappa shape index (κ3) is 4.02. The van der Waals surface area contributed by atoms with Gasteiger partial charge in [-0.15, -0.1) is 5.11 Å². The lowest BCUT2D eigenvalue weighted by molar-refractivity contribution is 0.0958. The van der Waals surface area contributed by atoms with Gasteiger partial charge in [-0.2, -0.15) is 5.11 Å². The van der Waals surface area contributed by atoms with Crippen LogP contribution >= 0.6 is 10.7 Å². The van der Waals surface area contributed by atoms with Gasteiger partial charge < -0.3 is 5.32 Å². The molecule has 0 bridgehead atoms. The molecule has 0 spiro atoms. The van der Waals surface area contributed by atoms with E-state index in [2.05, 4.69) is 20.6 Å². The van der Waals surface area contributed by atoms with Gasteiger partial charge in [0.2, 0.25) is 0 Å². The molecule has 2 aromatic carbocycles. The van der Waals surface area contributed by atoms with Gasteiger partial charge in [0, 0.05) is 17.7 Å². The van der Waals surface area contributed by atoms with E-state index in [1.165, 1.54) is 36.0 Å². The maximum Gasteiger partial charge on any atom is 0.299 e. The van der Waals surface area contributed by atoms with Crippen LogP contribution in [0.5, 0.6) is 0 Å². The Bertz CT molecular complexity index is 1200. The highest BCUT2D eigenvalue weighted by atomic mass is 35.7. The van der Waals surface area contributed by atoms with Gasteiger partial charge in [-0.25, -0.2) is 13.1 Å². The number of rotatable bonds is 5. The van der Waals surface area contributed by atoms with Crippen LogP contribution in [0, 0.1) is 0 Å². The minimum absolute atomic E-state index is 0.0555.